The lowest BCUT2D eigenvalue weighted by Crippen LogP contribution is -2.42. The van der Waals surface area contributed by atoms with Crippen molar-refractivity contribution in [1.29, 1.82) is 0 Å². The standard InChI is InChI=1S/C19H23Cl2N3O3S/c1-19(2,14-6-9-16(20)17(21)10-14)12-23-18(25)22-11-13-4-7-15(8-5-13)24-28(3,26)27/h4-10,24H,11-12H2,1-3H3,(H2,22,23,25). The average Bonchev–Trinajstić information content (AvgIpc) is 2.60. The number of hydrogen-bond donors (Lipinski definition) is 3. The molecule has 0 aliphatic carbocycles. The van der Waals surface area contributed by atoms with Crippen LogP contribution in [0.3, 0.4) is 0 Å². The SMILES string of the molecule is CC(C)(CNC(=O)NCc1ccc(NS(C)(=O)=O)cc1)c1ccc(Cl)c(Cl)c1. The van der Waals surface area contributed by atoms with Gasteiger partial charge in [-0.3, -0.25) is 4.72 Å². The number of nitrogens with one attached hydrogen (secondary N) is 3. The average molecular weight is 444 g/mol. The van der Waals surface area contributed by atoms with Crippen LogP contribution in [0, 0.1) is 0 Å². The topological polar surface area (TPSA) is 87.3 Å². The highest BCUT2D eigenvalue weighted by Crippen LogP contribution is 2.29. The third kappa shape index (κ3) is 6.89. The molecule has 2 amide bonds. The number of sulfonamides is 1. The molecule has 2 rings (SSSR count). The molecule has 2 aromatic carbocycles. The molecule has 0 aromatic heterocycles. The Labute approximate surface area is 175 Å². The molecule has 0 aliphatic rings. The fraction of sp³-hybridized carbons (Fsp3) is 0.316. The second-order valence-electron chi connectivity index (χ2n) is 7.12. The molecule has 9 heteroatoms. The predicted octanol–water partition coefficient (Wildman–Crippen LogP) is 4.14. The highest BCUT2D eigenvalue weighted by atomic mass is 35.5. The molecule has 3 N–H and O–H groups in total. The zero-order valence-corrected chi connectivity index (χ0v) is 18.2. The number of amides is 2. The number of hydrogen-bond acceptors (Lipinski definition) is 3. The van der Waals surface area contributed by atoms with Gasteiger partial charge in [0.2, 0.25) is 10.0 Å². The summed E-state index contributed by atoms with van der Waals surface area (Å²) in [6.07, 6.45) is 1.09. The van der Waals surface area contributed by atoms with Crippen molar-refractivity contribution in [2.45, 2.75) is 25.8 Å². The maximum Gasteiger partial charge on any atom is 0.315 e. The molecule has 0 aliphatic heterocycles. The predicted molar refractivity (Wildman–Crippen MR) is 115 cm³/mol. The van der Waals surface area contributed by atoms with E-state index in [2.05, 4.69) is 15.4 Å². The van der Waals surface area contributed by atoms with Crippen molar-refractivity contribution < 1.29 is 13.2 Å². The Morgan fingerprint density at radius 3 is 2.21 bits per heavy atom. The van der Waals surface area contributed by atoms with Gasteiger partial charge in [-0.25, -0.2) is 13.2 Å². The van der Waals surface area contributed by atoms with Gasteiger partial charge in [-0.2, -0.15) is 0 Å². The van der Waals surface area contributed by atoms with Crippen LogP contribution >= 0.6 is 23.2 Å². The summed E-state index contributed by atoms with van der Waals surface area (Å²) in [5.74, 6) is 0. The molecule has 0 heterocycles. The number of rotatable bonds is 7. The molecule has 152 valence electrons. The summed E-state index contributed by atoms with van der Waals surface area (Å²) in [6.45, 7) is 4.73. The molecular weight excluding hydrogens is 421 g/mol. The van der Waals surface area contributed by atoms with E-state index >= 15 is 0 Å². The zero-order valence-electron chi connectivity index (χ0n) is 15.8. The van der Waals surface area contributed by atoms with E-state index in [-0.39, 0.29) is 11.4 Å². The second kappa shape index (κ2) is 9.03. The second-order valence-corrected chi connectivity index (χ2v) is 9.68. The minimum absolute atomic E-state index is 0.300. The third-order valence-electron chi connectivity index (χ3n) is 4.10. The molecule has 0 spiro atoms. The van der Waals surface area contributed by atoms with Crippen molar-refractivity contribution in [2.75, 3.05) is 17.5 Å². The van der Waals surface area contributed by atoms with Crippen LogP contribution in [0.4, 0.5) is 10.5 Å². The Morgan fingerprint density at radius 1 is 1.00 bits per heavy atom. The Balaban J connectivity index is 1.86. The Bertz CT molecular complexity index is 945. The molecule has 0 atom stereocenters. The van der Waals surface area contributed by atoms with Crippen molar-refractivity contribution in [3.05, 3.63) is 63.6 Å². The Morgan fingerprint density at radius 2 is 1.64 bits per heavy atom. The van der Waals surface area contributed by atoms with Gasteiger partial charge in [0, 0.05) is 24.2 Å². The molecule has 0 saturated heterocycles. The number of benzene rings is 2. The maximum atomic E-state index is 12.1. The minimum atomic E-state index is -3.31. The fourth-order valence-corrected chi connectivity index (χ4v) is 3.33. The van der Waals surface area contributed by atoms with Crippen molar-refractivity contribution in [2.24, 2.45) is 0 Å². The fourth-order valence-electron chi connectivity index (χ4n) is 2.47. The number of urea groups is 1. The summed E-state index contributed by atoms with van der Waals surface area (Å²) >= 11 is 12.0. The van der Waals surface area contributed by atoms with Crippen molar-refractivity contribution in [3.8, 4) is 0 Å². The van der Waals surface area contributed by atoms with E-state index < -0.39 is 10.0 Å². The quantitative estimate of drug-likeness (QED) is 0.600. The van der Waals surface area contributed by atoms with Crippen molar-refractivity contribution >= 4 is 44.9 Å². The van der Waals surface area contributed by atoms with Crippen LogP contribution in [0.25, 0.3) is 0 Å². The molecule has 0 fully saturated rings. The monoisotopic (exact) mass is 443 g/mol. The van der Waals surface area contributed by atoms with Crippen molar-refractivity contribution in [1.82, 2.24) is 10.6 Å². The van der Waals surface area contributed by atoms with Crippen LogP contribution < -0.4 is 15.4 Å². The molecule has 0 saturated carbocycles. The van der Waals surface area contributed by atoms with E-state index in [9.17, 15) is 13.2 Å². The van der Waals surface area contributed by atoms with Gasteiger partial charge in [0.15, 0.2) is 0 Å². The van der Waals surface area contributed by atoms with Gasteiger partial charge >= 0.3 is 6.03 Å². The Hall–Kier alpha value is -1.96. The maximum absolute atomic E-state index is 12.1. The van der Waals surface area contributed by atoms with Gasteiger partial charge in [0.1, 0.15) is 0 Å². The molecule has 0 radical (unpaired) electrons. The van der Waals surface area contributed by atoms with Crippen LogP contribution in [0.1, 0.15) is 25.0 Å². The summed E-state index contributed by atoms with van der Waals surface area (Å²) in [5, 5.41) is 6.59. The molecule has 28 heavy (non-hydrogen) atoms. The Kier molecular flexibility index (Phi) is 7.20. The zero-order chi connectivity index (χ0) is 20.9. The summed E-state index contributed by atoms with van der Waals surface area (Å²) < 4.78 is 24.8. The summed E-state index contributed by atoms with van der Waals surface area (Å²) in [6, 6.07) is 11.9. The summed E-state index contributed by atoms with van der Waals surface area (Å²) in [7, 11) is -3.31. The van der Waals surface area contributed by atoms with Crippen LogP contribution in [0.15, 0.2) is 42.5 Å². The van der Waals surface area contributed by atoms with Gasteiger partial charge in [0.25, 0.3) is 0 Å². The normalized spacial score (nSPS) is 11.8. The van der Waals surface area contributed by atoms with E-state index in [0.717, 1.165) is 17.4 Å². The molecular formula is C19H23Cl2N3O3S. The van der Waals surface area contributed by atoms with Gasteiger partial charge in [-0.05, 0) is 35.4 Å². The lowest BCUT2D eigenvalue weighted by Gasteiger charge is -2.26. The highest BCUT2D eigenvalue weighted by Gasteiger charge is 2.22. The van der Waals surface area contributed by atoms with Crippen molar-refractivity contribution in [3.63, 3.8) is 0 Å². The van der Waals surface area contributed by atoms with Crippen LogP contribution in [-0.2, 0) is 22.0 Å². The van der Waals surface area contributed by atoms with Gasteiger partial charge in [-0.1, -0.05) is 55.2 Å². The van der Waals surface area contributed by atoms with E-state index in [4.69, 9.17) is 23.2 Å². The molecule has 0 unspecified atom stereocenters. The molecule has 2 aromatic rings. The van der Waals surface area contributed by atoms with Gasteiger partial charge in [-0.15, -0.1) is 0 Å². The first kappa shape index (κ1) is 22.3. The summed E-state index contributed by atoms with van der Waals surface area (Å²) in [5.41, 5.74) is 1.96. The molecule has 0 bridgehead atoms. The third-order valence-corrected chi connectivity index (χ3v) is 5.45. The van der Waals surface area contributed by atoms with Crippen LogP contribution in [0.2, 0.25) is 10.0 Å². The first-order valence-corrected chi connectivity index (χ1v) is 11.1. The lowest BCUT2D eigenvalue weighted by molar-refractivity contribution is 0.238. The minimum Gasteiger partial charge on any atom is -0.337 e. The summed E-state index contributed by atoms with van der Waals surface area (Å²) in [4.78, 5) is 12.1. The van der Waals surface area contributed by atoms with E-state index in [1.165, 1.54) is 0 Å². The number of halogens is 2. The van der Waals surface area contributed by atoms with Gasteiger partial charge < -0.3 is 10.6 Å². The van der Waals surface area contributed by atoms with E-state index in [1.807, 2.05) is 19.9 Å². The largest absolute Gasteiger partial charge is 0.337 e. The number of carbonyl (C=O) groups excluding carboxylic acids is 1. The highest BCUT2D eigenvalue weighted by molar-refractivity contribution is 7.92. The molecule has 6 nitrogen and oxygen atoms in total. The smallest absolute Gasteiger partial charge is 0.315 e. The lowest BCUT2D eigenvalue weighted by atomic mass is 9.84. The van der Waals surface area contributed by atoms with E-state index in [1.54, 1.807) is 36.4 Å². The first-order valence-electron chi connectivity index (χ1n) is 8.50. The van der Waals surface area contributed by atoms with Gasteiger partial charge in [0.05, 0.1) is 16.3 Å². The first-order chi connectivity index (χ1) is 13.0. The van der Waals surface area contributed by atoms with Crippen LogP contribution in [0.5, 0.6) is 0 Å². The van der Waals surface area contributed by atoms with E-state index in [0.29, 0.717) is 28.8 Å². The number of carbonyl (C=O) groups is 1. The number of anilines is 1. The van der Waals surface area contributed by atoms with Crippen LogP contribution in [-0.4, -0.2) is 27.2 Å².